The van der Waals surface area contributed by atoms with Gasteiger partial charge in [-0.25, -0.2) is 0 Å². The molecule has 2 rings (SSSR count). The number of ketones is 1. The topological polar surface area (TPSA) is 48.4 Å². The Balaban J connectivity index is 2.30. The van der Waals surface area contributed by atoms with Gasteiger partial charge in [0, 0.05) is 17.1 Å². The molecule has 0 aliphatic carbocycles. The van der Waals surface area contributed by atoms with Crippen molar-refractivity contribution in [2.45, 2.75) is 52.2 Å². The maximum atomic E-state index is 11.2. The van der Waals surface area contributed by atoms with Crippen molar-refractivity contribution in [3.8, 4) is 0 Å². The molecule has 20 heavy (non-hydrogen) atoms. The number of carbonyl (C=O) groups excluding carboxylic acids is 1. The summed E-state index contributed by atoms with van der Waals surface area (Å²) in [5.74, 6) is 0.0413. The molecule has 4 nitrogen and oxygen atoms in total. The molecule has 0 spiro atoms. The third-order valence-electron chi connectivity index (χ3n) is 3.79. The Morgan fingerprint density at radius 1 is 1.25 bits per heavy atom. The molecule has 2 heterocycles. The van der Waals surface area contributed by atoms with Gasteiger partial charge in [0.15, 0.2) is 0 Å². The maximum Gasteiger partial charge on any atom is 0.514 e. The van der Waals surface area contributed by atoms with E-state index in [0.29, 0.717) is 16.3 Å². The number of nitrogens with zero attached hydrogens (tertiary/aromatic N) is 1. The second-order valence-corrected chi connectivity index (χ2v) is 6.61. The number of halogens is 1. The second-order valence-electron chi connectivity index (χ2n) is 6.17. The molecule has 1 aliphatic heterocycles. The van der Waals surface area contributed by atoms with Gasteiger partial charge in [-0.05, 0) is 46.8 Å². The summed E-state index contributed by atoms with van der Waals surface area (Å²) < 4.78 is 11.9. The lowest BCUT2D eigenvalue weighted by atomic mass is 9.84. The molecule has 0 aromatic carbocycles. The Bertz CT molecular complexity index is 529. The van der Waals surface area contributed by atoms with Gasteiger partial charge in [-0.15, -0.1) is 0 Å². The van der Waals surface area contributed by atoms with Gasteiger partial charge < -0.3 is 9.31 Å². The lowest BCUT2D eigenvalue weighted by molar-refractivity contribution is -0.116. The Hall–Kier alpha value is -0.905. The average molecular weight is 296 g/mol. The molecule has 1 aromatic heterocycles. The maximum absolute atomic E-state index is 11.2. The van der Waals surface area contributed by atoms with E-state index >= 15 is 0 Å². The summed E-state index contributed by atoms with van der Waals surface area (Å²) in [6, 6.07) is 3.41. The van der Waals surface area contributed by atoms with Crippen molar-refractivity contribution in [1.82, 2.24) is 4.98 Å². The van der Waals surface area contributed by atoms with Crippen LogP contribution in [0.15, 0.2) is 12.1 Å². The number of hydrogen-bond donors (Lipinski definition) is 0. The van der Waals surface area contributed by atoms with Gasteiger partial charge in [-0.2, -0.15) is 0 Å². The van der Waals surface area contributed by atoms with E-state index in [4.69, 9.17) is 20.9 Å². The van der Waals surface area contributed by atoms with Crippen LogP contribution >= 0.6 is 11.6 Å². The van der Waals surface area contributed by atoms with Gasteiger partial charge in [0.25, 0.3) is 0 Å². The average Bonchev–Trinajstić information content (AvgIpc) is 2.46. The number of aromatic nitrogens is 1. The van der Waals surface area contributed by atoms with Crippen molar-refractivity contribution in [3.63, 3.8) is 0 Å². The fourth-order valence-electron chi connectivity index (χ4n) is 2.00. The van der Waals surface area contributed by atoms with Gasteiger partial charge in [0.2, 0.25) is 0 Å². The van der Waals surface area contributed by atoms with E-state index in [2.05, 4.69) is 4.98 Å². The standard InChI is InChI=1S/C14H19BClNO3/c1-9(18)6-11-7-10(16)8-12(17-11)15-19-13(2,3)14(4,5)20-15/h7-8H,6H2,1-5H3. The largest absolute Gasteiger partial charge is 0.514 e. The molecule has 108 valence electrons. The zero-order chi connectivity index (χ0) is 15.1. The number of Topliss-reactive ketones (excluding diaryl/α,β-unsaturated/α-hetero) is 1. The summed E-state index contributed by atoms with van der Waals surface area (Å²) in [5, 5.41) is 0.529. The van der Waals surface area contributed by atoms with Gasteiger partial charge in [0.05, 0.1) is 16.8 Å². The molecule has 0 radical (unpaired) electrons. The van der Waals surface area contributed by atoms with E-state index < -0.39 is 18.3 Å². The van der Waals surface area contributed by atoms with E-state index in [9.17, 15) is 4.79 Å². The first-order chi connectivity index (χ1) is 9.10. The zero-order valence-electron chi connectivity index (χ0n) is 12.5. The van der Waals surface area contributed by atoms with Crippen LogP contribution in [0.1, 0.15) is 40.3 Å². The van der Waals surface area contributed by atoms with Crippen molar-refractivity contribution in [3.05, 3.63) is 22.8 Å². The predicted octanol–water partition coefficient (Wildman–Crippen LogP) is 2.17. The number of hydrogen-bond acceptors (Lipinski definition) is 4. The molecule has 1 aromatic rings. The summed E-state index contributed by atoms with van der Waals surface area (Å²) in [6.07, 6.45) is 0.257. The van der Waals surface area contributed by atoms with Crippen molar-refractivity contribution in [2.75, 3.05) is 0 Å². The molecule has 0 unspecified atom stereocenters. The van der Waals surface area contributed by atoms with Gasteiger partial charge in [0.1, 0.15) is 5.78 Å². The number of carbonyl (C=O) groups is 1. The lowest BCUT2D eigenvalue weighted by Gasteiger charge is -2.32. The smallest absolute Gasteiger partial charge is 0.398 e. The van der Waals surface area contributed by atoms with Crippen molar-refractivity contribution in [1.29, 1.82) is 0 Å². The summed E-state index contributed by atoms with van der Waals surface area (Å²) in [5.41, 5.74) is 0.382. The monoisotopic (exact) mass is 295 g/mol. The van der Waals surface area contributed by atoms with Crippen LogP contribution in [0, 0.1) is 0 Å². The highest BCUT2D eigenvalue weighted by Crippen LogP contribution is 2.36. The van der Waals surface area contributed by atoms with Crippen LogP contribution in [-0.2, 0) is 20.5 Å². The van der Waals surface area contributed by atoms with E-state index in [0.717, 1.165) is 0 Å². The normalized spacial score (nSPS) is 20.2. The van der Waals surface area contributed by atoms with Crippen molar-refractivity contribution < 1.29 is 14.1 Å². The second kappa shape index (κ2) is 5.13. The first-order valence-corrected chi connectivity index (χ1v) is 7.00. The zero-order valence-corrected chi connectivity index (χ0v) is 13.2. The Morgan fingerprint density at radius 3 is 2.30 bits per heavy atom. The Labute approximate surface area is 125 Å². The van der Waals surface area contributed by atoms with Crippen LogP contribution in [0.5, 0.6) is 0 Å². The fraction of sp³-hybridized carbons (Fsp3) is 0.571. The molecular formula is C14H19BClNO3. The summed E-state index contributed by atoms with van der Waals surface area (Å²) in [6.45, 7) is 9.45. The van der Waals surface area contributed by atoms with E-state index in [1.54, 1.807) is 12.1 Å². The molecule has 1 fully saturated rings. The van der Waals surface area contributed by atoms with Crippen LogP contribution in [-0.4, -0.2) is 29.1 Å². The van der Waals surface area contributed by atoms with Crippen LogP contribution in [0.3, 0.4) is 0 Å². The van der Waals surface area contributed by atoms with E-state index in [1.165, 1.54) is 6.92 Å². The van der Waals surface area contributed by atoms with Crippen molar-refractivity contribution >= 4 is 30.1 Å². The highest BCUT2D eigenvalue weighted by Gasteiger charge is 2.52. The lowest BCUT2D eigenvalue weighted by Crippen LogP contribution is -2.41. The highest BCUT2D eigenvalue weighted by atomic mass is 35.5. The SMILES string of the molecule is CC(=O)Cc1cc(Cl)cc(B2OC(C)(C)C(C)(C)O2)n1. The number of pyridine rings is 1. The summed E-state index contributed by atoms with van der Waals surface area (Å²) in [7, 11) is -0.565. The first kappa shape index (κ1) is 15.5. The summed E-state index contributed by atoms with van der Waals surface area (Å²) >= 11 is 6.09. The van der Waals surface area contributed by atoms with Gasteiger partial charge in [-0.1, -0.05) is 11.6 Å². The predicted molar refractivity (Wildman–Crippen MR) is 79.3 cm³/mol. The first-order valence-electron chi connectivity index (χ1n) is 6.62. The van der Waals surface area contributed by atoms with Gasteiger partial charge in [-0.3, -0.25) is 9.78 Å². The van der Waals surface area contributed by atoms with Gasteiger partial charge >= 0.3 is 7.12 Å². The fourth-order valence-corrected chi connectivity index (χ4v) is 2.24. The van der Waals surface area contributed by atoms with E-state index in [-0.39, 0.29) is 12.2 Å². The molecule has 0 N–H and O–H groups in total. The van der Waals surface area contributed by atoms with E-state index in [1.807, 2.05) is 27.7 Å². The van der Waals surface area contributed by atoms with Crippen LogP contribution in [0.4, 0.5) is 0 Å². The summed E-state index contributed by atoms with van der Waals surface area (Å²) in [4.78, 5) is 15.6. The highest BCUT2D eigenvalue weighted by molar-refractivity contribution is 6.61. The van der Waals surface area contributed by atoms with Crippen LogP contribution in [0.2, 0.25) is 5.02 Å². The quantitative estimate of drug-likeness (QED) is 0.802. The van der Waals surface area contributed by atoms with Crippen molar-refractivity contribution in [2.24, 2.45) is 0 Å². The minimum Gasteiger partial charge on any atom is -0.398 e. The Kier molecular flexibility index (Phi) is 3.97. The molecule has 1 saturated heterocycles. The number of rotatable bonds is 3. The molecule has 0 bridgehead atoms. The third kappa shape index (κ3) is 3.05. The van der Waals surface area contributed by atoms with Crippen LogP contribution < -0.4 is 5.59 Å². The minimum atomic E-state index is -0.565. The molecule has 6 heteroatoms. The Morgan fingerprint density at radius 2 is 1.80 bits per heavy atom. The minimum absolute atomic E-state index is 0.0413. The molecule has 0 amide bonds. The third-order valence-corrected chi connectivity index (χ3v) is 4.01. The molecule has 1 aliphatic rings. The molecular weight excluding hydrogens is 276 g/mol. The molecule has 0 atom stereocenters. The molecule has 0 saturated carbocycles. The van der Waals surface area contributed by atoms with Crippen LogP contribution in [0.25, 0.3) is 0 Å².